The molecule has 3 nitrogen and oxygen atoms in total. The lowest BCUT2D eigenvalue weighted by molar-refractivity contribution is 0.475. The minimum Gasteiger partial charge on any atom is -0.508 e. The van der Waals surface area contributed by atoms with Crippen molar-refractivity contribution >= 4 is 11.4 Å². The zero-order valence-electron chi connectivity index (χ0n) is 8.81. The van der Waals surface area contributed by atoms with Gasteiger partial charge in [-0.2, -0.15) is 5.26 Å². The predicted octanol–water partition coefficient (Wildman–Crippen LogP) is 3.15. The van der Waals surface area contributed by atoms with Gasteiger partial charge in [0.2, 0.25) is 0 Å². The molecular weight excluding hydrogens is 219 g/mol. The molecule has 0 saturated carbocycles. The molecule has 0 heterocycles. The molecule has 0 saturated heterocycles. The highest BCUT2D eigenvalue weighted by Crippen LogP contribution is 2.24. The Kier molecular flexibility index (Phi) is 2.93. The van der Waals surface area contributed by atoms with Gasteiger partial charge in [0.25, 0.3) is 0 Å². The molecule has 0 fully saturated rings. The van der Waals surface area contributed by atoms with Crippen LogP contribution in [0.25, 0.3) is 0 Å². The van der Waals surface area contributed by atoms with Gasteiger partial charge in [0.1, 0.15) is 23.2 Å². The standard InChI is InChI=1S/C13H9FN2O/c14-12-5-2-6-13(11(12)8-15)16-9-3-1-4-10(17)7-9/h1-7,16-17H. The second-order valence-corrected chi connectivity index (χ2v) is 3.45. The lowest BCUT2D eigenvalue weighted by Gasteiger charge is -2.08. The Bertz CT molecular complexity index is 590. The molecule has 0 unspecified atom stereocenters. The lowest BCUT2D eigenvalue weighted by Crippen LogP contribution is -1.95. The molecule has 0 radical (unpaired) electrons. The fraction of sp³-hybridized carbons (Fsp3) is 0. The summed E-state index contributed by atoms with van der Waals surface area (Å²) < 4.78 is 13.3. The van der Waals surface area contributed by atoms with Crippen molar-refractivity contribution in [1.82, 2.24) is 0 Å². The Balaban J connectivity index is 2.37. The number of rotatable bonds is 2. The maximum absolute atomic E-state index is 13.3. The molecule has 17 heavy (non-hydrogen) atoms. The first-order chi connectivity index (χ1) is 8.20. The van der Waals surface area contributed by atoms with E-state index in [9.17, 15) is 9.50 Å². The van der Waals surface area contributed by atoms with E-state index >= 15 is 0 Å². The first-order valence-electron chi connectivity index (χ1n) is 4.95. The van der Waals surface area contributed by atoms with Gasteiger partial charge in [-0.05, 0) is 24.3 Å². The van der Waals surface area contributed by atoms with Gasteiger partial charge < -0.3 is 10.4 Å². The van der Waals surface area contributed by atoms with Crippen molar-refractivity contribution in [3.8, 4) is 11.8 Å². The van der Waals surface area contributed by atoms with Crippen LogP contribution in [0.1, 0.15) is 5.56 Å². The first kappa shape index (κ1) is 11.0. The Hall–Kier alpha value is -2.54. The van der Waals surface area contributed by atoms with Crippen LogP contribution in [0.15, 0.2) is 42.5 Å². The molecule has 2 aromatic rings. The van der Waals surface area contributed by atoms with E-state index in [-0.39, 0.29) is 11.3 Å². The number of nitriles is 1. The van der Waals surface area contributed by atoms with Crippen LogP contribution in [0.5, 0.6) is 5.75 Å². The van der Waals surface area contributed by atoms with Crippen LogP contribution in [-0.2, 0) is 0 Å². The summed E-state index contributed by atoms with van der Waals surface area (Å²) >= 11 is 0. The number of nitrogens with zero attached hydrogens (tertiary/aromatic N) is 1. The lowest BCUT2D eigenvalue weighted by atomic mass is 10.1. The third-order valence-corrected chi connectivity index (χ3v) is 2.25. The summed E-state index contributed by atoms with van der Waals surface area (Å²) in [5.74, 6) is -0.470. The van der Waals surface area contributed by atoms with Gasteiger partial charge in [0.15, 0.2) is 0 Å². The van der Waals surface area contributed by atoms with Crippen molar-refractivity contribution in [3.05, 3.63) is 53.8 Å². The molecule has 0 aliphatic rings. The van der Waals surface area contributed by atoms with E-state index in [1.807, 2.05) is 0 Å². The van der Waals surface area contributed by atoms with Crippen LogP contribution >= 0.6 is 0 Å². The summed E-state index contributed by atoms with van der Waals surface area (Å²) in [6.07, 6.45) is 0. The van der Waals surface area contributed by atoms with Crippen LogP contribution in [0.2, 0.25) is 0 Å². The van der Waals surface area contributed by atoms with Crippen LogP contribution in [0, 0.1) is 17.1 Å². The number of benzene rings is 2. The van der Waals surface area contributed by atoms with Crippen molar-refractivity contribution < 1.29 is 9.50 Å². The SMILES string of the molecule is N#Cc1c(F)cccc1Nc1cccc(O)c1. The Morgan fingerprint density at radius 2 is 1.94 bits per heavy atom. The summed E-state index contributed by atoms with van der Waals surface area (Å²) in [6.45, 7) is 0. The number of anilines is 2. The molecule has 2 N–H and O–H groups in total. The highest BCUT2D eigenvalue weighted by Gasteiger charge is 2.07. The fourth-order valence-corrected chi connectivity index (χ4v) is 1.48. The molecule has 2 aromatic carbocycles. The van der Waals surface area contributed by atoms with Gasteiger partial charge in [0, 0.05) is 11.8 Å². The summed E-state index contributed by atoms with van der Waals surface area (Å²) in [5.41, 5.74) is 0.918. The van der Waals surface area contributed by atoms with Gasteiger partial charge >= 0.3 is 0 Å². The average Bonchev–Trinajstić information content (AvgIpc) is 2.29. The van der Waals surface area contributed by atoms with Gasteiger partial charge in [-0.15, -0.1) is 0 Å². The van der Waals surface area contributed by atoms with E-state index < -0.39 is 5.82 Å². The number of phenolic OH excluding ortho intramolecular Hbond substituents is 1. The number of halogens is 1. The second kappa shape index (κ2) is 4.54. The number of phenols is 1. The smallest absolute Gasteiger partial charge is 0.143 e. The van der Waals surface area contributed by atoms with Crippen molar-refractivity contribution in [2.75, 3.05) is 5.32 Å². The first-order valence-corrected chi connectivity index (χ1v) is 4.95. The fourth-order valence-electron chi connectivity index (χ4n) is 1.48. The highest BCUT2D eigenvalue weighted by molar-refractivity contribution is 5.67. The van der Waals surface area contributed by atoms with Crippen LogP contribution in [0.4, 0.5) is 15.8 Å². The summed E-state index contributed by atoms with van der Waals surface area (Å²) in [7, 11) is 0. The van der Waals surface area contributed by atoms with Gasteiger partial charge in [-0.3, -0.25) is 0 Å². The quantitative estimate of drug-likeness (QED) is 0.830. The molecule has 0 aromatic heterocycles. The second-order valence-electron chi connectivity index (χ2n) is 3.45. The number of hydrogen-bond donors (Lipinski definition) is 2. The zero-order valence-corrected chi connectivity index (χ0v) is 8.81. The molecule has 0 amide bonds. The van der Waals surface area contributed by atoms with Crippen molar-refractivity contribution in [3.63, 3.8) is 0 Å². The molecule has 0 aliphatic heterocycles. The summed E-state index contributed by atoms with van der Waals surface area (Å²) in [5, 5.41) is 21.0. The maximum atomic E-state index is 13.3. The van der Waals surface area contributed by atoms with E-state index in [0.29, 0.717) is 11.4 Å². The molecule has 84 valence electrons. The summed E-state index contributed by atoms with van der Waals surface area (Å²) in [4.78, 5) is 0. The average molecular weight is 228 g/mol. The molecule has 0 bridgehead atoms. The number of hydrogen-bond acceptors (Lipinski definition) is 3. The number of nitrogens with one attached hydrogen (secondary N) is 1. The maximum Gasteiger partial charge on any atom is 0.143 e. The Morgan fingerprint density at radius 3 is 2.65 bits per heavy atom. The van der Waals surface area contributed by atoms with Crippen molar-refractivity contribution in [1.29, 1.82) is 5.26 Å². The van der Waals surface area contributed by atoms with E-state index in [2.05, 4.69) is 5.32 Å². The molecule has 0 atom stereocenters. The Labute approximate surface area is 97.8 Å². The van der Waals surface area contributed by atoms with Gasteiger partial charge in [0.05, 0.1) is 5.69 Å². The molecule has 4 heteroatoms. The Morgan fingerprint density at radius 1 is 1.18 bits per heavy atom. The topological polar surface area (TPSA) is 56.0 Å². The monoisotopic (exact) mass is 228 g/mol. The minimum absolute atomic E-state index is 0.0455. The minimum atomic E-state index is -0.572. The predicted molar refractivity (Wildman–Crippen MR) is 62.5 cm³/mol. The molecule has 2 rings (SSSR count). The van der Waals surface area contributed by atoms with E-state index in [0.717, 1.165) is 0 Å². The normalized spacial score (nSPS) is 9.65. The highest BCUT2D eigenvalue weighted by atomic mass is 19.1. The van der Waals surface area contributed by atoms with Crippen LogP contribution < -0.4 is 5.32 Å². The largest absolute Gasteiger partial charge is 0.508 e. The van der Waals surface area contributed by atoms with Crippen molar-refractivity contribution in [2.24, 2.45) is 0 Å². The summed E-state index contributed by atoms with van der Waals surface area (Å²) in [6, 6.07) is 12.5. The molecule has 0 aliphatic carbocycles. The van der Waals surface area contributed by atoms with Gasteiger partial charge in [-0.25, -0.2) is 4.39 Å². The zero-order chi connectivity index (χ0) is 12.3. The molecule has 0 spiro atoms. The van der Waals surface area contributed by atoms with Gasteiger partial charge in [-0.1, -0.05) is 12.1 Å². The third-order valence-electron chi connectivity index (χ3n) is 2.25. The van der Waals surface area contributed by atoms with E-state index in [1.165, 1.54) is 24.3 Å². The number of aromatic hydroxyl groups is 1. The van der Waals surface area contributed by atoms with E-state index in [4.69, 9.17) is 5.26 Å². The third kappa shape index (κ3) is 2.34. The van der Waals surface area contributed by atoms with E-state index in [1.54, 1.807) is 24.3 Å². The van der Waals surface area contributed by atoms with Crippen LogP contribution in [-0.4, -0.2) is 5.11 Å². The molecular formula is C13H9FN2O. The van der Waals surface area contributed by atoms with Crippen LogP contribution in [0.3, 0.4) is 0 Å². The van der Waals surface area contributed by atoms with Crippen molar-refractivity contribution in [2.45, 2.75) is 0 Å².